The summed E-state index contributed by atoms with van der Waals surface area (Å²) >= 11 is 0. The number of sulfone groups is 1. The van der Waals surface area contributed by atoms with Crippen LogP contribution < -0.4 is 14.8 Å². The lowest BCUT2D eigenvalue weighted by atomic mass is 10.1. The number of nitrogens with one attached hydrogen (secondary N) is 1. The van der Waals surface area contributed by atoms with E-state index in [2.05, 4.69) is 5.32 Å². The van der Waals surface area contributed by atoms with Crippen LogP contribution in [0.3, 0.4) is 0 Å². The quantitative estimate of drug-likeness (QED) is 0.824. The number of carbonyl (C=O) groups excluding carboxylic acids is 1. The molecule has 7 nitrogen and oxygen atoms in total. The predicted octanol–water partition coefficient (Wildman–Crippen LogP) is 1.22. The van der Waals surface area contributed by atoms with Gasteiger partial charge in [0.15, 0.2) is 21.3 Å². The molecule has 2 heterocycles. The van der Waals surface area contributed by atoms with Crippen molar-refractivity contribution in [2.75, 3.05) is 39.1 Å². The molecule has 0 saturated carbocycles. The molecular formula is C18H26N2O5S. The molecule has 1 aromatic carbocycles. The van der Waals surface area contributed by atoms with E-state index in [0.717, 1.165) is 19.3 Å². The average Bonchev–Trinajstić information content (AvgIpc) is 2.91. The molecule has 0 atom stereocenters. The largest absolute Gasteiger partial charge is 0.490 e. The number of amides is 1. The van der Waals surface area contributed by atoms with E-state index in [1.165, 1.54) is 12.1 Å². The Balaban J connectivity index is 1.60. The highest BCUT2D eigenvalue weighted by Gasteiger charge is 2.24. The fourth-order valence-corrected chi connectivity index (χ4v) is 4.49. The second-order valence-corrected chi connectivity index (χ2v) is 8.78. The number of hydrogen-bond acceptors (Lipinski definition) is 6. The lowest BCUT2D eigenvalue weighted by molar-refractivity contribution is -0.131. The van der Waals surface area contributed by atoms with Crippen molar-refractivity contribution in [1.82, 2.24) is 10.2 Å². The minimum atomic E-state index is -3.55. The van der Waals surface area contributed by atoms with Gasteiger partial charge in [-0.3, -0.25) is 4.79 Å². The van der Waals surface area contributed by atoms with Crippen molar-refractivity contribution in [3.05, 3.63) is 18.2 Å². The standard InChI is InChI=1S/C18H26N2O5S/c1-19-14-5-8-20(9-6-14)18(21)7-12-26(22,23)15-3-4-16-17(13-15)25-11-2-10-24-16/h3-4,13-14,19H,2,5-12H2,1H3. The Morgan fingerprint density at radius 3 is 2.58 bits per heavy atom. The molecule has 0 unspecified atom stereocenters. The van der Waals surface area contributed by atoms with E-state index in [9.17, 15) is 13.2 Å². The number of rotatable bonds is 5. The molecule has 0 spiro atoms. The molecule has 144 valence electrons. The molecule has 3 rings (SSSR count). The van der Waals surface area contributed by atoms with E-state index in [-0.39, 0.29) is 23.0 Å². The van der Waals surface area contributed by atoms with Crippen molar-refractivity contribution in [2.45, 2.75) is 36.6 Å². The summed E-state index contributed by atoms with van der Waals surface area (Å²) in [6.45, 7) is 2.40. The van der Waals surface area contributed by atoms with Gasteiger partial charge in [0.25, 0.3) is 0 Å². The molecule has 2 aliphatic heterocycles. The lowest BCUT2D eigenvalue weighted by Crippen LogP contribution is -2.44. The van der Waals surface area contributed by atoms with Gasteiger partial charge in [0.05, 0.1) is 23.9 Å². The Kier molecular flexibility index (Phi) is 6.03. The molecule has 8 heteroatoms. The zero-order valence-corrected chi connectivity index (χ0v) is 15.9. The summed E-state index contributed by atoms with van der Waals surface area (Å²) in [6, 6.07) is 5.08. The Morgan fingerprint density at radius 1 is 1.19 bits per heavy atom. The van der Waals surface area contributed by atoms with Gasteiger partial charge in [-0.05, 0) is 32.0 Å². The van der Waals surface area contributed by atoms with Gasteiger partial charge in [-0.25, -0.2) is 8.42 Å². The van der Waals surface area contributed by atoms with Crippen LogP contribution in [0.2, 0.25) is 0 Å². The van der Waals surface area contributed by atoms with Gasteiger partial charge in [-0.2, -0.15) is 0 Å². The SMILES string of the molecule is CNC1CCN(C(=O)CCS(=O)(=O)c2ccc3c(c2)OCCCO3)CC1. The fourth-order valence-electron chi connectivity index (χ4n) is 3.25. The highest BCUT2D eigenvalue weighted by molar-refractivity contribution is 7.91. The second kappa shape index (κ2) is 8.26. The molecule has 0 aliphatic carbocycles. The number of benzene rings is 1. The van der Waals surface area contributed by atoms with Crippen molar-refractivity contribution in [2.24, 2.45) is 0 Å². The van der Waals surface area contributed by atoms with E-state index in [1.807, 2.05) is 7.05 Å². The van der Waals surface area contributed by atoms with Crippen LogP contribution in [0.25, 0.3) is 0 Å². The number of carbonyl (C=O) groups is 1. The number of piperidine rings is 1. The van der Waals surface area contributed by atoms with Crippen molar-refractivity contribution in [3.63, 3.8) is 0 Å². The molecule has 0 bridgehead atoms. The van der Waals surface area contributed by atoms with Crippen molar-refractivity contribution in [3.8, 4) is 11.5 Å². The van der Waals surface area contributed by atoms with E-state index >= 15 is 0 Å². The van der Waals surface area contributed by atoms with E-state index in [0.29, 0.717) is 43.8 Å². The Morgan fingerprint density at radius 2 is 1.88 bits per heavy atom. The first-order valence-electron chi connectivity index (χ1n) is 9.07. The summed E-state index contributed by atoms with van der Waals surface area (Å²) in [5.41, 5.74) is 0. The maximum atomic E-state index is 12.6. The Hall–Kier alpha value is -1.80. The van der Waals surface area contributed by atoms with Crippen LogP contribution in [-0.2, 0) is 14.6 Å². The number of nitrogens with zero attached hydrogens (tertiary/aromatic N) is 1. The van der Waals surface area contributed by atoms with Crippen LogP contribution in [0, 0.1) is 0 Å². The van der Waals surface area contributed by atoms with Crippen molar-refractivity contribution in [1.29, 1.82) is 0 Å². The van der Waals surface area contributed by atoms with Crippen molar-refractivity contribution < 1.29 is 22.7 Å². The highest BCUT2D eigenvalue weighted by atomic mass is 32.2. The molecule has 1 amide bonds. The second-order valence-electron chi connectivity index (χ2n) is 6.67. The fraction of sp³-hybridized carbons (Fsp3) is 0.611. The van der Waals surface area contributed by atoms with Gasteiger partial charge in [-0.15, -0.1) is 0 Å². The molecule has 2 aliphatic rings. The molecule has 1 fully saturated rings. The minimum Gasteiger partial charge on any atom is -0.490 e. The van der Waals surface area contributed by atoms with Gasteiger partial charge >= 0.3 is 0 Å². The van der Waals surface area contributed by atoms with Crippen LogP contribution in [0.1, 0.15) is 25.7 Å². The zero-order chi connectivity index (χ0) is 18.6. The van der Waals surface area contributed by atoms with Gasteiger partial charge in [0, 0.05) is 38.0 Å². The van der Waals surface area contributed by atoms with Crippen molar-refractivity contribution >= 4 is 15.7 Å². The van der Waals surface area contributed by atoms with E-state index < -0.39 is 9.84 Å². The number of likely N-dealkylation sites (tertiary alicyclic amines) is 1. The topological polar surface area (TPSA) is 84.9 Å². The summed E-state index contributed by atoms with van der Waals surface area (Å²) < 4.78 is 36.3. The maximum Gasteiger partial charge on any atom is 0.223 e. The molecular weight excluding hydrogens is 356 g/mol. The van der Waals surface area contributed by atoms with Gasteiger partial charge in [0.2, 0.25) is 5.91 Å². The number of hydrogen-bond donors (Lipinski definition) is 1. The van der Waals surface area contributed by atoms with E-state index in [4.69, 9.17) is 9.47 Å². The van der Waals surface area contributed by atoms with Gasteiger partial charge in [-0.1, -0.05) is 0 Å². The highest BCUT2D eigenvalue weighted by Crippen LogP contribution is 2.32. The summed E-state index contributed by atoms with van der Waals surface area (Å²) in [5.74, 6) is 0.712. The predicted molar refractivity (Wildman–Crippen MR) is 97.4 cm³/mol. The summed E-state index contributed by atoms with van der Waals surface area (Å²) in [5, 5.41) is 3.21. The molecule has 1 N–H and O–H groups in total. The normalized spacial score (nSPS) is 18.4. The third-order valence-electron chi connectivity index (χ3n) is 4.92. The molecule has 1 saturated heterocycles. The summed E-state index contributed by atoms with van der Waals surface area (Å²) in [6.07, 6.45) is 2.56. The summed E-state index contributed by atoms with van der Waals surface area (Å²) in [7, 11) is -1.63. The first-order chi connectivity index (χ1) is 12.5. The van der Waals surface area contributed by atoms with Crippen LogP contribution in [-0.4, -0.2) is 64.4 Å². The third kappa shape index (κ3) is 4.48. The smallest absolute Gasteiger partial charge is 0.223 e. The lowest BCUT2D eigenvalue weighted by Gasteiger charge is -2.31. The molecule has 1 aromatic rings. The first-order valence-corrected chi connectivity index (χ1v) is 10.7. The number of fused-ring (bicyclic) bond motifs is 1. The third-order valence-corrected chi connectivity index (χ3v) is 6.63. The van der Waals surface area contributed by atoms with Gasteiger partial charge in [0.1, 0.15) is 0 Å². The van der Waals surface area contributed by atoms with Crippen LogP contribution >= 0.6 is 0 Å². The van der Waals surface area contributed by atoms with Gasteiger partial charge < -0.3 is 19.7 Å². The Labute approximate surface area is 154 Å². The molecule has 0 radical (unpaired) electrons. The molecule has 26 heavy (non-hydrogen) atoms. The van der Waals surface area contributed by atoms with Crippen LogP contribution in [0.5, 0.6) is 11.5 Å². The summed E-state index contributed by atoms with van der Waals surface area (Å²) in [4.78, 5) is 14.3. The van der Waals surface area contributed by atoms with Crippen LogP contribution in [0.4, 0.5) is 0 Å². The number of ether oxygens (including phenoxy) is 2. The average molecular weight is 382 g/mol. The minimum absolute atomic E-state index is 0.000988. The Bertz CT molecular complexity index is 742. The maximum absolute atomic E-state index is 12.6. The molecule has 0 aromatic heterocycles. The first kappa shape index (κ1) is 19.0. The van der Waals surface area contributed by atoms with Crippen LogP contribution in [0.15, 0.2) is 23.1 Å². The monoisotopic (exact) mass is 382 g/mol. The zero-order valence-electron chi connectivity index (χ0n) is 15.1. The van der Waals surface area contributed by atoms with E-state index in [1.54, 1.807) is 11.0 Å².